The van der Waals surface area contributed by atoms with Gasteiger partial charge in [-0.05, 0) is 42.3 Å². The van der Waals surface area contributed by atoms with Crippen molar-refractivity contribution in [2.24, 2.45) is 7.05 Å². The highest BCUT2D eigenvalue weighted by molar-refractivity contribution is 7.99. The molecule has 1 aliphatic rings. The summed E-state index contributed by atoms with van der Waals surface area (Å²) in [6.07, 6.45) is 2.55. The molecule has 7 heteroatoms. The van der Waals surface area contributed by atoms with Gasteiger partial charge in [0.05, 0.1) is 5.02 Å². The van der Waals surface area contributed by atoms with Crippen molar-refractivity contribution in [3.05, 3.63) is 39.3 Å². The number of halogens is 1. The maximum Gasteiger partial charge on any atom is 0.343 e. The molecular weight excluding hydrogens is 296 g/mol. The van der Waals surface area contributed by atoms with Crippen molar-refractivity contribution < 1.29 is 0 Å². The fourth-order valence-corrected chi connectivity index (χ4v) is 2.93. The van der Waals surface area contributed by atoms with E-state index in [1.54, 1.807) is 7.05 Å². The molecule has 1 saturated carbocycles. The van der Waals surface area contributed by atoms with Crippen LogP contribution < -0.4 is 11.0 Å². The highest BCUT2D eigenvalue weighted by Gasteiger charge is 2.20. The summed E-state index contributed by atoms with van der Waals surface area (Å²) >= 11 is 7.67. The standard InChI is InChI=1S/C13H15ClN4OS/c1-18-12(19)16-17-13(18)20-11-5-2-8(6-10(11)14)7-15-9-3-4-9/h2,5-6,9,15H,3-4,7H2,1H3,(H,16,19). The Balaban J connectivity index is 1.73. The summed E-state index contributed by atoms with van der Waals surface area (Å²) in [4.78, 5) is 12.2. The Hall–Kier alpha value is -1.24. The molecule has 0 unspecified atom stereocenters. The average molecular weight is 311 g/mol. The van der Waals surface area contributed by atoms with Crippen LogP contribution in [0.4, 0.5) is 0 Å². The Morgan fingerprint density at radius 2 is 2.35 bits per heavy atom. The molecule has 3 rings (SSSR count). The molecule has 20 heavy (non-hydrogen) atoms. The van der Waals surface area contributed by atoms with Crippen molar-refractivity contribution in [2.45, 2.75) is 35.5 Å². The van der Waals surface area contributed by atoms with Crippen LogP contribution in [-0.4, -0.2) is 20.8 Å². The molecule has 0 bridgehead atoms. The van der Waals surface area contributed by atoms with Gasteiger partial charge in [-0.3, -0.25) is 4.57 Å². The number of aromatic amines is 1. The molecule has 0 aliphatic heterocycles. The smallest absolute Gasteiger partial charge is 0.310 e. The van der Waals surface area contributed by atoms with Crippen molar-refractivity contribution in [3.8, 4) is 0 Å². The third-order valence-corrected chi connectivity index (χ3v) is 4.76. The van der Waals surface area contributed by atoms with E-state index in [1.165, 1.54) is 34.7 Å². The number of benzene rings is 1. The van der Waals surface area contributed by atoms with Crippen LogP contribution in [0.3, 0.4) is 0 Å². The first-order valence-corrected chi connectivity index (χ1v) is 7.64. The van der Waals surface area contributed by atoms with Gasteiger partial charge in [0.2, 0.25) is 0 Å². The minimum Gasteiger partial charge on any atom is -0.310 e. The second-order valence-corrected chi connectivity index (χ2v) is 6.31. The first kappa shape index (κ1) is 13.7. The van der Waals surface area contributed by atoms with Gasteiger partial charge < -0.3 is 5.32 Å². The predicted octanol–water partition coefficient (Wildman–Crippen LogP) is 2.16. The van der Waals surface area contributed by atoms with E-state index in [2.05, 4.69) is 15.5 Å². The highest BCUT2D eigenvalue weighted by Crippen LogP contribution is 2.32. The topological polar surface area (TPSA) is 62.7 Å². The number of hydrogen-bond acceptors (Lipinski definition) is 4. The fourth-order valence-electron chi connectivity index (χ4n) is 1.81. The van der Waals surface area contributed by atoms with E-state index in [0.29, 0.717) is 16.2 Å². The van der Waals surface area contributed by atoms with Crippen molar-refractivity contribution in [2.75, 3.05) is 0 Å². The Morgan fingerprint density at radius 1 is 1.55 bits per heavy atom. The van der Waals surface area contributed by atoms with Crippen LogP contribution in [0, 0.1) is 0 Å². The van der Waals surface area contributed by atoms with E-state index in [9.17, 15) is 4.79 Å². The number of nitrogens with zero attached hydrogens (tertiary/aromatic N) is 2. The van der Waals surface area contributed by atoms with E-state index >= 15 is 0 Å². The molecule has 1 fully saturated rings. The Labute approximate surface area is 125 Å². The van der Waals surface area contributed by atoms with E-state index < -0.39 is 0 Å². The zero-order valence-electron chi connectivity index (χ0n) is 11.0. The molecule has 1 heterocycles. The normalized spacial score (nSPS) is 14.7. The van der Waals surface area contributed by atoms with Gasteiger partial charge in [0.1, 0.15) is 0 Å². The lowest BCUT2D eigenvalue weighted by Gasteiger charge is -2.07. The third kappa shape index (κ3) is 3.08. The quantitative estimate of drug-likeness (QED) is 0.888. The summed E-state index contributed by atoms with van der Waals surface area (Å²) in [5.74, 6) is 0. The Kier molecular flexibility index (Phi) is 3.87. The molecule has 1 aliphatic carbocycles. The number of H-pyrrole nitrogens is 1. The van der Waals surface area contributed by atoms with Crippen LogP contribution >= 0.6 is 23.4 Å². The minimum atomic E-state index is -0.228. The van der Waals surface area contributed by atoms with Crippen LogP contribution in [0.2, 0.25) is 5.02 Å². The number of aromatic nitrogens is 3. The summed E-state index contributed by atoms with van der Waals surface area (Å²) in [5, 5.41) is 11.1. The van der Waals surface area contributed by atoms with E-state index in [1.807, 2.05) is 18.2 Å². The summed E-state index contributed by atoms with van der Waals surface area (Å²) in [6, 6.07) is 6.66. The maximum atomic E-state index is 11.3. The lowest BCUT2D eigenvalue weighted by Crippen LogP contribution is -2.15. The maximum absolute atomic E-state index is 11.3. The predicted molar refractivity (Wildman–Crippen MR) is 79.3 cm³/mol. The van der Waals surface area contributed by atoms with Gasteiger partial charge in [0, 0.05) is 24.5 Å². The molecule has 0 radical (unpaired) electrons. The molecule has 2 aromatic rings. The van der Waals surface area contributed by atoms with Gasteiger partial charge in [0.25, 0.3) is 0 Å². The van der Waals surface area contributed by atoms with Gasteiger partial charge in [-0.2, -0.15) is 0 Å². The van der Waals surface area contributed by atoms with Gasteiger partial charge in [-0.15, -0.1) is 5.10 Å². The molecule has 0 amide bonds. The van der Waals surface area contributed by atoms with Crippen LogP contribution in [0.1, 0.15) is 18.4 Å². The van der Waals surface area contributed by atoms with Crippen molar-refractivity contribution in [1.82, 2.24) is 20.1 Å². The average Bonchev–Trinajstić information content (AvgIpc) is 3.21. The zero-order valence-corrected chi connectivity index (χ0v) is 12.6. The summed E-state index contributed by atoms with van der Waals surface area (Å²) in [7, 11) is 1.68. The number of nitrogens with one attached hydrogen (secondary N) is 2. The van der Waals surface area contributed by atoms with Crippen molar-refractivity contribution >= 4 is 23.4 Å². The van der Waals surface area contributed by atoms with Gasteiger partial charge in [0.15, 0.2) is 5.16 Å². The van der Waals surface area contributed by atoms with Crippen LogP contribution in [0.25, 0.3) is 0 Å². The summed E-state index contributed by atoms with van der Waals surface area (Å²) in [6.45, 7) is 0.843. The molecule has 2 N–H and O–H groups in total. The molecule has 5 nitrogen and oxygen atoms in total. The van der Waals surface area contributed by atoms with E-state index in [0.717, 1.165) is 11.4 Å². The molecular formula is C13H15ClN4OS. The molecule has 1 aromatic carbocycles. The zero-order chi connectivity index (χ0) is 14.1. The van der Waals surface area contributed by atoms with Gasteiger partial charge in [-0.1, -0.05) is 17.7 Å². The molecule has 1 aromatic heterocycles. The van der Waals surface area contributed by atoms with Crippen LogP contribution in [0.5, 0.6) is 0 Å². The highest BCUT2D eigenvalue weighted by atomic mass is 35.5. The second-order valence-electron chi connectivity index (χ2n) is 4.89. The van der Waals surface area contributed by atoms with Gasteiger partial charge >= 0.3 is 5.69 Å². The fraction of sp³-hybridized carbons (Fsp3) is 0.385. The Morgan fingerprint density at radius 3 is 2.95 bits per heavy atom. The number of rotatable bonds is 5. The number of hydrogen-bond donors (Lipinski definition) is 2. The van der Waals surface area contributed by atoms with E-state index in [4.69, 9.17) is 11.6 Å². The summed E-state index contributed by atoms with van der Waals surface area (Å²) < 4.78 is 1.46. The minimum absolute atomic E-state index is 0.228. The Bertz CT molecular complexity index is 677. The largest absolute Gasteiger partial charge is 0.343 e. The second kappa shape index (κ2) is 5.63. The molecule has 0 saturated heterocycles. The first-order chi connectivity index (χ1) is 9.63. The summed E-state index contributed by atoms with van der Waals surface area (Å²) in [5.41, 5.74) is 0.941. The van der Waals surface area contributed by atoms with Crippen molar-refractivity contribution in [3.63, 3.8) is 0 Å². The lowest BCUT2D eigenvalue weighted by atomic mass is 10.2. The molecule has 106 valence electrons. The molecule has 0 atom stereocenters. The lowest BCUT2D eigenvalue weighted by molar-refractivity contribution is 0.687. The van der Waals surface area contributed by atoms with Crippen molar-refractivity contribution in [1.29, 1.82) is 0 Å². The van der Waals surface area contributed by atoms with Gasteiger partial charge in [-0.25, -0.2) is 9.89 Å². The first-order valence-electron chi connectivity index (χ1n) is 6.44. The van der Waals surface area contributed by atoms with Crippen LogP contribution in [0.15, 0.2) is 33.0 Å². The third-order valence-electron chi connectivity index (χ3n) is 3.21. The van der Waals surface area contributed by atoms with E-state index in [-0.39, 0.29) is 5.69 Å². The molecule has 0 spiro atoms. The van der Waals surface area contributed by atoms with Crippen LogP contribution in [-0.2, 0) is 13.6 Å². The monoisotopic (exact) mass is 310 g/mol. The SMILES string of the molecule is Cn1c(Sc2ccc(CNC3CC3)cc2Cl)n[nH]c1=O.